The number of carboxylic acid groups (broad SMARTS) is 1. The lowest BCUT2D eigenvalue weighted by atomic mass is 9.72. The van der Waals surface area contributed by atoms with Gasteiger partial charge in [0.05, 0.1) is 17.4 Å². The van der Waals surface area contributed by atoms with Crippen LogP contribution >= 0.6 is 0 Å². The van der Waals surface area contributed by atoms with Gasteiger partial charge in [0.15, 0.2) is 17.0 Å². The lowest BCUT2D eigenvalue weighted by molar-refractivity contribution is 0.0482. The molecule has 0 aromatic carbocycles. The smallest absolute Gasteiger partial charge is 0.356 e. The number of fused-ring (bicyclic) bond motifs is 1. The molecule has 1 aliphatic carbocycles. The zero-order chi connectivity index (χ0) is 29.9. The van der Waals surface area contributed by atoms with E-state index in [0.29, 0.717) is 53.8 Å². The average molecular weight is 562 g/mol. The summed E-state index contributed by atoms with van der Waals surface area (Å²) < 4.78 is 6.33. The summed E-state index contributed by atoms with van der Waals surface area (Å²) in [7, 11) is 0. The SMILES string of the molecule is Cc1nc(C(=O)O)cnc1N1CCN(C(=O)c2cc3nc(C4CCC(C)(C)CC4)cc(C(C)(C)C)c3o2)C(C)(C)C1. The number of aryl methyl sites for hydroxylation is 1. The number of hydrogen-bond donors (Lipinski definition) is 1. The molecule has 1 N–H and O–H groups in total. The van der Waals surface area contributed by atoms with Crippen molar-refractivity contribution in [2.45, 2.75) is 97.9 Å². The maximum absolute atomic E-state index is 13.9. The summed E-state index contributed by atoms with van der Waals surface area (Å²) in [6.07, 6.45) is 5.91. The zero-order valence-corrected chi connectivity index (χ0v) is 25.7. The molecule has 5 rings (SSSR count). The molecule has 4 heterocycles. The fourth-order valence-electron chi connectivity index (χ4n) is 6.34. The Morgan fingerprint density at radius 1 is 1.05 bits per heavy atom. The van der Waals surface area contributed by atoms with Gasteiger partial charge in [-0.2, -0.15) is 0 Å². The molecule has 0 spiro atoms. The Hall–Kier alpha value is -3.49. The molecule has 1 saturated carbocycles. The summed E-state index contributed by atoms with van der Waals surface area (Å²) in [5.41, 5.74) is 3.80. The van der Waals surface area contributed by atoms with Gasteiger partial charge < -0.3 is 19.3 Å². The quantitative estimate of drug-likeness (QED) is 0.392. The van der Waals surface area contributed by atoms with Crippen molar-refractivity contribution >= 4 is 28.8 Å². The van der Waals surface area contributed by atoms with E-state index in [9.17, 15) is 14.7 Å². The summed E-state index contributed by atoms with van der Waals surface area (Å²) in [4.78, 5) is 42.8. The van der Waals surface area contributed by atoms with E-state index in [-0.39, 0.29) is 17.0 Å². The van der Waals surface area contributed by atoms with Crippen molar-refractivity contribution in [2.24, 2.45) is 5.41 Å². The number of pyridine rings is 1. The minimum atomic E-state index is -1.10. The van der Waals surface area contributed by atoms with Gasteiger partial charge in [-0.25, -0.2) is 19.7 Å². The molecule has 3 aromatic heterocycles. The summed E-state index contributed by atoms with van der Waals surface area (Å²) in [5.74, 6) is 0.107. The van der Waals surface area contributed by atoms with E-state index >= 15 is 0 Å². The molecule has 9 heteroatoms. The van der Waals surface area contributed by atoms with Crippen molar-refractivity contribution in [1.82, 2.24) is 19.9 Å². The third-order valence-corrected chi connectivity index (χ3v) is 8.86. The molecule has 0 atom stereocenters. The standard InChI is InChI=1S/C32H43N5O4/c1-19-27(33-17-24(34-19)29(39)40)36-13-14-37(32(7,8)18-36)28(38)25-16-23-26(41-25)21(30(2,3)4)15-22(35-23)20-9-11-31(5,6)12-10-20/h15-17,20H,9-14,18H2,1-8H3,(H,39,40). The van der Waals surface area contributed by atoms with Gasteiger partial charge in [-0.15, -0.1) is 0 Å². The van der Waals surface area contributed by atoms with Gasteiger partial charge in [0.1, 0.15) is 11.3 Å². The fourth-order valence-corrected chi connectivity index (χ4v) is 6.34. The number of amides is 1. The van der Waals surface area contributed by atoms with Crippen molar-refractivity contribution in [2.75, 3.05) is 24.5 Å². The lowest BCUT2D eigenvalue weighted by Gasteiger charge is -2.47. The molecule has 2 aliphatic rings. The Labute approximate surface area is 242 Å². The summed E-state index contributed by atoms with van der Waals surface area (Å²) >= 11 is 0. The van der Waals surface area contributed by atoms with Gasteiger partial charge in [0.2, 0.25) is 0 Å². The van der Waals surface area contributed by atoms with Crippen LogP contribution in [0.4, 0.5) is 5.82 Å². The van der Waals surface area contributed by atoms with Crippen molar-refractivity contribution < 1.29 is 19.1 Å². The monoisotopic (exact) mass is 561 g/mol. The number of carbonyl (C=O) groups excluding carboxylic acids is 1. The Morgan fingerprint density at radius 2 is 1.73 bits per heavy atom. The van der Waals surface area contributed by atoms with Crippen LogP contribution in [0.5, 0.6) is 0 Å². The molecule has 41 heavy (non-hydrogen) atoms. The molecule has 0 radical (unpaired) electrons. The first-order valence-electron chi connectivity index (χ1n) is 14.6. The number of hydrogen-bond acceptors (Lipinski definition) is 7. The number of piperazine rings is 1. The highest BCUT2D eigenvalue weighted by atomic mass is 16.4. The van der Waals surface area contributed by atoms with E-state index in [1.165, 1.54) is 19.0 Å². The van der Waals surface area contributed by atoms with E-state index in [0.717, 1.165) is 29.6 Å². The predicted octanol–water partition coefficient (Wildman–Crippen LogP) is 6.35. The zero-order valence-electron chi connectivity index (χ0n) is 25.7. The second kappa shape index (κ2) is 10.1. The van der Waals surface area contributed by atoms with Gasteiger partial charge in [-0.05, 0) is 63.4 Å². The molecule has 9 nitrogen and oxygen atoms in total. The fraction of sp³-hybridized carbons (Fsp3) is 0.594. The molecule has 1 saturated heterocycles. The normalized spacial score (nSPS) is 19.5. The maximum Gasteiger partial charge on any atom is 0.356 e. The molecular weight excluding hydrogens is 518 g/mol. The van der Waals surface area contributed by atoms with E-state index in [2.05, 4.69) is 55.6 Å². The maximum atomic E-state index is 13.9. The first-order chi connectivity index (χ1) is 19.1. The number of carboxylic acids is 1. The number of aromatic nitrogens is 3. The molecule has 3 aromatic rings. The number of nitrogens with zero attached hydrogens (tertiary/aromatic N) is 5. The lowest BCUT2D eigenvalue weighted by Crippen LogP contribution is -2.61. The van der Waals surface area contributed by atoms with Gasteiger partial charge in [-0.3, -0.25) is 4.79 Å². The summed E-state index contributed by atoms with van der Waals surface area (Å²) in [5, 5.41) is 9.24. The van der Waals surface area contributed by atoms with Crippen LogP contribution in [0.15, 0.2) is 22.7 Å². The largest absolute Gasteiger partial charge is 0.476 e. The molecule has 220 valence electrons. The van der Waals surface area contributed by atoms with Crippen LogP contribution in [-0.4, -0.2) is 62.0 Å². The second-order valence-electron chi connectivity index (χ2n) is 14.3. The molecule has 1 amide bonds. The number of rotatable bonds is 4. The summed E-state index contributed by atoms with van der Waals surface area (Å²) in [6, 6.07) is 4.04. The topological polar surface area (TPSA) is 113 Å². The van der Waals surface area contributed by atoms with Crippen LogP contribution in [0.25, 0.3) is 11.1 Å². The van der Waals surface area contributed by atoms with E-state index < -0.39 is 11.5 Å². The van der Waals surface area contributed by atoms with E-state index in [4.69, 9.17) is 9.40 Å². The molecule has 2 fully saturated rings. The number of anilines is 1. The Kier molecular flexibility index (Phi) is 7.15. The van der Waals surface area contributed by atoms with Crippen LogP contribution < -0.4 is 4.90 Å². The molecule has 0 unspecified atom stereocenters. The predicted molar refractivity (Wildman–Crippen MR) is 159 cm³/mol. The minimum absolute atomic E-state index is 0.0806. The number of aromatic carboxylic acids is 1. The molecule has 0 bridgehead atoms. The first-order valence-corrected chi connectivity index (χ1v) is 14.6. The van der Waals surface area contributed by atoms with Crippen LogP contribution in [0.1, 0.15) is 118 Å². The molecule has 1 aliphatic heterocycles. The van der Waals surface area contributed by atoms with Crippen LogP contribution in [0.2, 0.25) is 0 Å². The average Bonchev–Trinajstić information content (AvgIpc) is 3.30. The Balaban J connectivity index is 1.42. The van der Waals surface area contributed by atoms with E-state index in [1.807, 2.05) is 24.8 Å². The van der Waals surface area contributed by atoms with Crippen molar-refractivity contribution in [3.63, 3.8) is 0 Å². The highest BCUT2D eigenvalue weighted by Gasteiger charge is 2.40. The minimum Gasteiger partial charge on any atom is -0.476 e. The first kappa shape index (κ1) is 29.0. The Bertz CT molecular complexity index is 1490. The Morgan fingerprint density at radius 3 is 2.32 bits per heavy atom. The second-order valence-corrected chi connectivity index (χ2v) is 14.3. The van der Waals surface area contributed by atoms with Crippen LogP contribution in [0, 0.1) is 12.3 Å². The summed E-state index contributed by atoms with van der Waals surface area (Å²) in [6.45, 7) is 18.6. The van der Waals surface area contributed by atoms with E-state index in [1.54, 1.807) is 6.92 Å². The van der Waals surface area contributed by atoms with Crippen molar-refractivity contribution in [3.05, 3.63) is 46.7 Å². The van der Waals surface area contributed by atoms with Crippen LogP contribution in [0.3, 0.4) is 0 Å². The van der Waals surface area contributed by atoms with Crippen LogP contribution in [-0.2, 0) is 5.41 Å². The number of furan rings is 1. The third-order valence-electron chi connectivity index (χ3n) is 8.86. The third kappa shape index (κ3) is 5.68. The van der Waals surface area contributed by atoms with Gasteiger partial charge >= 0.3 is 5.97 Å². The van der Waals surface area contributed by atoms with Gasteiger partial charge in [0, 0.05) is 42.9 Å². The highest BCUT2D eigenvalue weighted by molar-refractivity contribution is 5.96. The highest BCUT2D eigenvalue weighted by Crippen LogP contribution is 2.43. The molecular formula is C32H43N5O4. The van der Waals surface area contributed by atoms with Crippen molar-refractivity contribution in [1.29, 1.82) is 0 Å². The number of carbonyl (C=O) groups is 2. The van der Waals surface area contributed by atoms with Gasteiger partial charge in [-0.1, -0.05) is 34.6 Å². The van der Waals surface area contributed by atoms with Crippen molar-refractivity contribution in [3.8, 4) is 0 Å². The van der Waals surface area contributed by atoms with Gasteiger partial charge in [0.25, 0.3) is 5.91 Å².